The van der Waals surface area contributed by atoms with E-state index in [-0.39, 0.29) is 17.7 Å². The van der Waals surface area contributed by atoms with Crippen LogP contribution in [0.3, 0.4) is 0 Å². The van der Waals surface area contributed by atoms with Crippen LogP contribution in [0.4, 0.5) is 13.6 Å². The quantitative estimate of drug-likeness (QED) is 0.299. The molecule has 3 aromatic heterocycles. The van der Waals surface area contributed by atoms with E-state index >= 15 is 0 Å². The van der Waals surface area contributed by atoms with Crippen molar-refractivity contribution in [1.29, 1.82) is 0 Å². The molecule has 1 fully saturated rings. The Hall–Kier alpha value is -3.86. The fourth-order valence-electron chi connectivity index (χ4n) is 5.79. The first-order chi connectivity index (χ1) is 19.6. The van der Waals surface area contributed by atoms with Crippen molar-refractivity contribution in [3.63, 3.8) is 0 Å². The standard InChI is InChI=1S/C30H34F2N6O3/c1-30(2,3)41-29(39)37-8-5-26-25(17-37)27(35-38(26)20-6-9-40-10-7-20)24-15-33-13-18-11-21(19-14-34-36(4)16-19)23(28(31)32)12-22(18)24/h11-16,20,28H,5-10,17H2,1-4H3. The van der Waals surface area contributed by atoms with Crippen LogP contribution in [-0.2, 0) is 29.5 Å². The second-order valence-corrected chi connectivity index (χ2v) is 11.8. The summed E-state index contributed by atoms with van der Waals surface area (Å²) in [6, 6.07) is 3.46. The molecule has 216 valence electrons. The average molecular weight is 565 g/mol. The highest BCUT2D eigenvalue weighted by Gasteiger charge is 2.33. The number of hydrogen-bond acceptors (Lipinski definition) is 6. The van der Waals surface area contributed by atoms with E-state index in [9.17, 15) is 13.6 Å². The third-order valence-corrected chi connectivity index (χ3v) is 7.71. The van der Waals surface area contributed by atoms with Gasteiger partial charge in [-0.05, 0) is 56.7 Å². The van der Waals surface area contributed by atoms with E-state index in [1.807, 2.05) is 20.8 Å². The Labute approximate surface area is 237 Å². The van der Waals surface area contributed by atoms with Crippen molar-refractivity contribution in [2.75, 3.05) is 19.8 Å². The third-order valence-electron chi connectivity index (χ3n) is 7.71. The number of carbonyl (C=O) groups excluding carboxylic acids is 1. The molecule has 1 saturated heterocycles. The summed E-state index contributed by atoms with van der Waals surface area (Å²) in [4.78, 5) is 19.2. The third kappa shape index (κ3) is 5.30. The Morgan fingerprint density at radius 3 is 2.59 bits per heavy atom. The van der Waals surface area contributed by atoms with Crippen LogP contribution in [0.1, 0.15) is 62.9 Å². The Balaban J connectivity index is 1.50. The van der Waals surface area contributed by atoms with Gasteiger partial charge in [0, 0.05) is 85.2 Å². The fourth-order valence-corrected chi connectivity index (χ4v) is 5.79. The molecule has 9 nitrogen and oxygen atoms in total. The van der Waals surface area contributed by atoms with Crippen molar-refractivity contribution < 1.29 is 23.0 Å². The molecule has 2 aliphatic rings. The first-order valence-corrected chi connectivity index (χ1v) is 13.9. The van der Waals surface area contributed by atoms with Gasteiger partial charge in [-0.3, -0.25) is 14.3 Å². The predicted molar refractivity (Wildman–Crippen MR) is 150 cm³/mol. The molecule has 0 N–H and O–H groups in total. The number of benzene rings is 1. The van der Waals surface area contributed by atoms with E-state index in [0.29, 0.717) is 60.5 Å². The maximum absolute atomic E-state index is 14.4. The van der Waals surface area contributed by atoms with Crippen LogP contribution in [0.15, 0.2) is 36.9 Å². The molecule has 0 saturated carbocycles. The molecule has 4 aromatic rings. The molecule has 11 heteroatoms. The van der Waals surface area contributed by atoms with Crippen LogP contribution in [0.25, 0.3) is 33.2 Å². The molecule has 6 rings (SSSR count). The van der Waals surface area contributed by atoms with Crippen molar-refractivity contribution >= 4 is 16.9 Å². The van der Waals surface area contributed by atoms with Gasteiger partial charge in [0.2, 0.25) is 0 Å². The number of hydrogen-bond donors (Lipinski definition) is 0. The van der Waals surface area contributed by atoms with E-state index in [1.54, 1.807) is 53.5 Å². The summed E-state index contributed by atoms with van der Waals surface area (Å²) < 4.78 is 43.8. The van der Waals surface area contributed by atoms with Crippen LogP contribution < -0.4 is 0 Å². The highest BCUT2D eigenvalue weighted by Crippen LogP contribution is 2.40. The normalized spacial score (nSPS) is 16.4. The zero-order valence-electron chi connectivity index (χ0n) is 23.7. The first-order valence-electron chi connectivity index (χ1n) is 13.9. The van der Waals surface area contributed by atoms with Crippen LogP contribution in [-0.4, -0.2) is 60.9 Å². The zero-order valence-corrected chi connectivity index (χ0v) is 23.7. The van der Waals surface area contributed by atoms with Crippen LogP contribution in [0, 0.1) is 0 Å². The molecular formula is C30H34F2N6O3. The van der Waals surface area contributed by atoms with E-state index in [2.05, 4.69) is 14.8 Å². The Morgan fingerprint density at radius 1 is 1.12 bits per heavy atom. The number of pyridine rings is 1. The summed E-state index contributed by atoms with van der Waals surface area (Å²) in [6.45, 7) is 7.67. The van der Waals surface area contributed by atoms with Crippen LogP contribution in [0.2, 0.25) is 0 Å². The predicted octanol–water partition coefficient (Wildman–Crippen LogP) is 6.08. The molecule has 0 bridgehead atoms. The number of halogens is 2. The molecule has 1 aromatic carbocycles. The lowest BCUT2D eigenvalue weighted by Crippen LogP contribution is -2.40. The second-order valence-electron chi connectivity index (χ2n) is 11.8. The zero-order chi connectivity index (χ0) is 28.9. The van der Waals surface area contributed by atoms with E-state index in [1.165, 1.54) is 0 Å². The van der Waals surface area contributed by atoms with Gasteiger partial charge in [0.1, 0.15) is 5.60 Å². The molecule has 0 radical (unpaired) electrons. The van der Waals surface area contributed by atoms with Crippen LogP contribution in [0.5, 0.6) is 0 Å². The van der Waals surface area contributed by atoms with E-state index < -0.39 is 12.0 Å². The summed E-state index contributed by atoms with van der Waals surface area (Å²) in [7, 11) is 1.75. The van der Waals surface area contributed by atoms with Gasteiger partial charge in [-0.15, -0.1) is 0 Å². The average Bonchev–Trinajstić information content (AvgIpc) is 3.55. The number of carbonyl (C=O) groups is 1. The van der Waals surface area contributed by atoms with Gasteiger partial charge in [0.25, 0.3) is 6.43 Å². The maximum Gasteiger partial charge on any atom is 0.410 e. The number of alkyl halides is 2. The minimum Gasteiger partial charge on any atom is -0.444 e. The van der Waals surface area contributed by atoms with Gasteiger partial charge >= 0.3 is 6.09 Å². The van der Waals surface area contributed by atoms with Crippen LogP contribution >= 0.6 is 0 Å². The lowest BCUT2D eigenvalue weighted by Gasteiger charge is -2.31. The Bertz CT molecular complexity index is 1600. The smallest absolute Gasteiger partial charge is 0.410 e. The van der Waals surface area contributed by atoms with Gasteiger partial charge in [-0.1, -0.05) is 0 Å². The first kappa shape index (κ1) is 27.3. The van der Waals surface area contributed by atoms with Crippen molar-refractivity contribution in [2.24, 2.45) is 7.05 Å². The molecule has 41 heavy (non-hydrogen) atoms. The topological polar surface area (TPSA) is 87.3 Å². The fraction of sp³-hybridized carbons (Fsp3) is 0.467. The number of aryl methyl sites for hydroxylation is 1. The summed E-state index contributed by atoms with van der Waals surface area (Å²) >= 11 is 0. The molecule has 0 atom stereocenters. The Morgan fingerprint density at radius 2 is 1.90 bits per heavy atom. The highest BCUT2D eigenvalue weighted by atomic mass is 19.3. The van der Waals surface area contributed by atoms with Crippen molar-refractivity contribution in [3.8, 4) is 22.4 Å². The molecule has 5 heterocycles. The summed E-state index contributed by atoms with van der Waals surface area (Å²) in [5, 5.41) is 10.6. The summed E-state index contributed by atoms with van der Waals surface area (Å²) in [5.74, 6) is 0. The number of rotatable bonds is 4. The van der Waals surface area contributed by atoms with Gasteiger partial charge < -0.3 is 14.4 Å². The number of aromatic nitrogens is 5. The molecule has 0 unspecified atom stereocenters. The van der Waals surface area contributed by atoms with Crippen molar-refractivity contribution in [1.82, 2.24) is 29.4 Å². The van der Waals surface area contributed by atoms with E-state index in [4.69, 9.17) is 14.6 Å². The number of amides is 1. The molecular weight excluding hydrogens is 530 g/mol. The number of ether oxygens (including phenoxy) is 2. The lowest BCUT2D eigenvalue weighted by molar-refractivity contribution is 0.0221. The number of fused-ring (bicyclic) bond motifs is 2. The minimum atomic E-state index is -2.69. The molecule has 1 amide bonds. The number of nitrogens with zero attached hydrogens (tertiary/aromatic N) is 6. The van der Waals surface area contributed by atoms with Crippen molar-refractivity contribution in [2.45, 2.75) is 64.6 Å². The minimum absolute atomic E-state index is 0.0777. The summed E-state index contributed by atoms with van der Waals surface area (Å²) in [6.07, 6.45) is 5.89. The van der Waals surface area contributed by atoms with Gasteiger partial charge in [-0.25, -0.2) is 13.6 Å². The van der Waals surface area contributed by atoms with Crippen molar-refractivity contribution in [3.05, 3.63) is 53.7 Å². The highest BCUT2D eigenvalue weighted by molar-refractivity contribution is 5.99. The maximum atomic E-state index is 14.4. The van der Waals surface area contributed by atoms with Gasteiger partial charge in [0.15, 0.2) is 0 Å². The molecule has 0 spiro atoms. The second kappa shape index (κ2) is 10.5. The summed E-state index contributed by atoms with van der Waals surface area (Å²) in [5.41, 5.74) is 3.62. The largest absolute Gasteiger partial charge is 0.444 e. The van der Waals surface area contributed by atoms with E-state index in [0.717, 1.165) is 29.5 Å². The lowest BCUT2D eigenvalue weighted by atomic mass is 9.94. The monoisotopic (exact) mass is 564 g/mol. The SMILES string of the molecule is Cn1cc(-c2cc3cncc(-c4nn(C5CCOCC5)c5c4CN(C(=O)OC(C)(C)C)CC5)c3cc2C(F)F)cn1. The molecule has 0 aliphatic carbocycles. The van der Waals surface area contributed by atoms with Gasteiger partial charge in [0.05, 0.1) is 24.5 Å². The van der Waals surface area contributed by atoms with Gasteiger partial charge in [-0.2, -0.15) is 10.2 Å². The Kier molecular flexibility index (Phi) is 7.01. The molecule has 2 aliphatic heterocycles.